The van der Waals surface area contributed by atoms with Crippen molar-refractivity contribution < 1.29 is 38.2 Å². The summed E-state index contributed by atoms with van der Waals surface area (Å²) in [4.78, 5) is 68.1. The van der Waals surface area contributed by atoms with Gasteiger partial charge in [-0.3, -0.25) is 24.4 Å². The molecule has 0 aliphatic carbocycles. The largest absolute Gasteiger partial charge is 0.778 e. The van der Waals surface area contributed by atoms with E-state index in [1.807, 2.05) is 12.2 Å². The molecule has 3 aromatic rings. The van der Waals surface area contributed by atoms with E-state index in [9.17, 15) is 28.2 Å². The maximum absolute atomic E-state index is 14.3. The zero-order chi connectivity index (χ0) is 41.9. The molecule has 1 aromatic carbocycles. The van der Waals surface area contributed by atoms with Crippen LogP contribution < -0.4 is 30.5 Å². The smallest absolute Gasteiger partial charge is 0.325 e. The summed E-state index contributed by atoms with van der Waals surface area (Å²) in [5.41, 5.74) is -0.673. The number of ether oxygens (including phenoxy) is 1. The van der Waals surface area contributed by atoms with Gasteiger partial charge in [-0.1, -0.05) is 11.6 Å². The maximum atomic E-state index is 14.3. The number of halogens is 3. The molecule has 25 heteroatoms. The Morgan fingerprint density at radius 2 is 1.80 bits per heavy atom. The first-order valence-corrected chi connectivity index (χ1v) is 22.7. The van der Waals surface area contributed by atoms with Crippen LogP contribution in [-0.2, 0) is 42.9 Å². The maximum Gasteiger partial charge on any atom is 0.325 e. The Balaban J connectivity index is 0.000000431. The Morgan fingerprint density at radius 1 is 1.20 bits per heavy atom. The van der Waals surface area contributed by atoms with Gasteiger partial charge in [0, 0.05) is 24.5 Å². The number of carbonyl (C=O) groups excluding carboxylic acids is 1. The van der Waals surface area contributed by atoms with Gasteiger partial charge in [-0.25, -0.2) is 14.1 Å². The van der Waals surface area contributed by atoms with Crippen molar-refractivity contribution in [1.82, 2.24) is 29.6 Å². The van der Waals surface area contributed by atoms with E-state index in [-0.39, 0.29) is 32.6 Å². The summed E-state index contributed by atoms with van der Waals surface area (Å²) >= 11 is 13.9. The van der Waals surface area contributed by atoms with Crippen LogP contribution in [0.4, 0.5) is 22.0 Å². The van der Waals surface area contributed by atoms with E-state index in [0.29, 0.717) is 46.2 Å². The number of thioether (sulfide) groups is 1. The van der Waals surface area contributed by atoms with Crippen molar-refractivity contribution in [3.8, 4) is 6.07 Å². The summed E-state index contributed by atoms with van der Waals surface area (Å²) in [6.07, 6.45) is 7.77. The van der Waals surface area contributed by atoms with Crippen molar-refractivity contribution in [2.24, 2.45) is 4.99 Å². The first kappa shape index (κ1) is 49.8. The standard InChI is InChI=1S/C15H15ClFN3O3S2.C9H13ClN6.C3H8NO5P.C3H9S/c1-23-13(21)8-24-12-7-11(10(17)6-9(12)16)18-14-19-4-2-3-5-20(19)15(22)25-14;1-4-12-7-13-6(10)14-8(15-7)16-9(2,3)5-11;5-3(6)1-4-2-10(7,8)9;1-4(2)3/h6-7H,2-5,8H2,1H3;4H2,1-3H3,(H2,12,13,14,15,16);4H,1-2H2,(H,5,6)(H2,7,8,9);1-3H3/q;;;+1/p-1. The average Bonchev–Trinajstić information content (AvgIpc) is 3.39. The Morgan fingerprint density at radius 3 is 2.35 bits per heavy atom. The zero-order valence-corrected chi connectivity index (χ0v) is 35.9. The topological polar surface area (TPSA) is 262 Å². The molecule has 1 unspecified atom stereocenters. The molecule has 4 rings (SSSR count). The van der Waals surface area contributed by atoms with E-state index in [2.05, 4.69) is 60.2 Å². The zero-order valence-electron chi connectivity index (χ0n) is 31.1. The Bertz CT molecular complexity index is 1950. The second kappa shape index (κ2) is 24.4. The number of aliphatic carboxylic acids is 1. The lowest BCUT2D eigenvalue weighted by molar-refractivity contribution is -0.193. The highest BCUT2D eigenvalue weighted by atomic mass is 35.5. The number of carbonyl (C=O) groups is 2. The van der Waals surface area contributed by atoms with Gasteiger partial charge < -0.3 is 34.8 Å². The number of rotatable bonds is 12. The number of hydrogen-bond donors (Lipinski definition) is 5. The van der Waals surface area contributed by atoms with Crippen LogP contribution in [0.15, 0.2) is 26.8 Å². The first-order valence-electron chi connectivity index (χ1n) is 15.9. The Hall–Kier alpha value is -3.26. The third kappa shape index (κ3) is 20.5. The van der Waals surface area contributed by atoms with Gasteiger partial charge >= 0.3 is 16.8 Å². The second-order valence-corrected chi connectivity index (χ2v) is 18.5. The highest BCUT2D eigenvalue weighted by Crippen LogP contribution is 2.33. The van der Waals surface area contributed by atoms with Crippen LogP contribution in [0.1, 0.15) is 33.6 Å². The number of carboxylic acids is 1. The minimum absolute atomic E-state index is 0.0605. The molecule has 3 heterocycles. The van der Waals surface area contributed by atoms with Gasteiger partial charge in [0.15, 0.2) is 0 Å². The molecule has 5 N–H and O–H groups in total. The Labute approximate surface area is 338 Å². The number of aromatic nitrogens is 5. The van der Waals surface area contributed by atoms with E-state index in [4.69, 9.17) is 38.5 Å². The third-order valence-corrected chi connectivity index (χ3v) is 9.03. The van der Waals surface area contributed by atoms with Gasteiger partial charge in [-0.05, 0) is 79.6 Å². The summed E-state index contributed by atoms with van der Waals surface area (Å²) in [6.45, 7) is 6.89. The minimum atomic E-state index is -4.35. The molecular formula is C30H44Cl2FN10O8PS3. The van der Waals surface area contributed by atoms with E-state index >= 15 is 0 Å². The molecule has 1 aliphatic rings. The summed E-state index contributed by atoms with van der Waals surface area (Å²) < 4.78 is 32.2. The molecule has 0 fully saturated rings. The van der Waals surface area contributed by atoms with Crippen LogP contribution in [0.2, 0.25) is 10.3 Å². The van der Waals surface area contributed by atoms with Crippen LogP contribution in [0.3, 0.4) is 0 Å². The molecule has 55 heavy (non-hydrogen) atoms. The summed E-state index contributed by atoms with van der Waals surface area (Å²) in [5, 5.41) is 24.9. The van der Waals surface area contributed by atoms with Gasteiger partial charge in [0.05, 0.1) is 55.6 Å². The number of nitrogens with one attached hydrogen (secondary N) is 3. The second-order valence-electron chi connectivity index (χ2n) is 11.8. The number of hydrogen-bond acceptors (Lipinski definition) is 16. The fraction of sp³-hybridized carbons (Fsp3) is 0.533. The van der Waals surface area contributed by atoms with Gasteiger partial charge in [0.2, 0.25) is 22.0 Å². The highest BCUT2D eigenvalue weighted by Gasteiger charge is 2.19. The molecule has 1 atom stereocenters. The molecule has 0 spiro atoms. The number of nitrogens with zero attached hydrogens (tertiary/aromatic N) is 7. The van der Waals surface area contributed by atoms with Crippen LogP contribution in [0.5, 0.6) is 0 Å². The number of nitriles is 1. The van der Waals surface area contributed by atoms with Crippen LogP contribution in [0.25, 0.3) is 0 Å². The number of anilines is 2. The van der Waals surface area contributed by atoms with Crippen LogP contribution in [0, 0.1) is 17.1 Å². The monoisotopic (exact) mass is 888 g/mol. The van der Waals surface area contributed by atoms with E-state index < -0.39 is 43.7 Å². The van der Waals surface area contributed by atoms with E-state index in [1.165, 1.54) is 13.2 Å². The van der Waals surface area contributed by atoms with Crippen molar-refractivity contribution in [3.63, 3.8) is 0 Å². The normalized spacial score (nSPS) is 13.3. The third-order valence-electron chi connectivity index (χ3n) is 5.92. The van der Waals surface area contributed by atoms with Crippen molar-refractivity contribution in [2.45, 2.75) is 57.1 Å². The lowest BCUT2D eigenvalue weighted by Crippen LogP contribution is -2.31. The summed E-state index contributed by atoms with van der Waals surface area (Å²) in [6, 6.07) is 4.73. The molecule has 0 amide bonds. The van der Waals surface area contributed by atoms with Crippen LogP contribution >= 0.6 is 53.9 Å². The molecule has 0 saturated carbocycles. The predicted octanol–water partition coefficient (Wildman–Crippen LogP) is 3.12. The highest BCUT2D eigenvalue weighted by molar-refractivity contribution is 8.00. The van der Waals surface area contributed by atoms with Crippen molar-refractivity contribution >= 4 is 94.3 Å². The van der Waals surface area contributed by atoms with Gasteiger partial charge in [0.25, 0.3) is 0 Å². The van der Waals surface area contributed by atoms with E-state index in [0.717, 1.165) is 42.0 Å². The Kier molecular flexibility index (Phi) is 22.1. The molecule has 0 radical (unpaired) electrons. The van der Waals surface area contributed by atoms with Gasteiger partial charge in [-0.2, -0.15) is 20.2 Å². The lowest BCUT2D eigenvalue weighted by Gasteiger charge is -2.17. The number of carboxylic acid groups (broad SMARTS) is 1. The SMILES string of the molecule is CCNc1nc(Cl)nc(NC(C)(C)C#N)n1.COC(=O)CSc1cc(N=c2sc(=O)n3n2CCCC3)c(F)cc1Cl.C[S+](C)C.O=C(O)CNCP(=O)([O-])O. The first-order chi connectivity index (χ1) is 25.6. The average molecular weight is 890 g/mol. The van der Waals surface area contributed by atoms with Crippen molar-refractivity contribution in [1.29, 1.82) is 5.26 Å². The fourth-order valence-electron chi connectivity index (χ4n) is 3.69. The molecule has 0 bridgehead atoms. The summed E-state index contributed by atoms with van der Waals surface area (Å²) in [5.74, 6) is -1.43. The molecule has 306 valence electrons. The lowest BCUT2D eigenvalue weighted by atomic mass is 10.1. The molecular weight excluding hydrogens is 845 g/mol. The van der Waals surface area contributed by atoms with E-state index in [1.54, 1.807) is 23.2 Å². The molecule has 1 aliphatic heterocycles. The minimum Gasteiger partial charge on any atom is -0.778 e. The van der Waals surface area contributed by atoms with Crippen LogP contribution in [-0.4, -0.2) is 103 Å². The summed E-state index contributed by atoms with van der Waals surface area (Å²) in [7, 11) is -2.41. The van der Waals surface area contributed by atoms with Crippen molar-refractivity contribution in [3.05, 3.63) is 42.7 Å². The van der Waals surface area contributed by atoms with Crippen molar-refractivity contribution in [2.75, 3.05) is 61.6 Å². The number of methoxy groups -OCH3 is 1. The fourth-order valence-corrected chi connectivity index (χ4v) is 6.23. The number of esters is 1. The molecule has 2 aromatic heterocycles. The molecule has 0 saturated heterocycles. The number of benzene rings is 1. The van der Waals surface area contributed by atoms with Gasteiger partial charge in [0.1, 0.15) is 24.6 Å². The molecule has 18 nitrogen and oxygen atoms in total. The predicted molar refractivity (Wildman–Crippen MR) is 213 cm³/mol. The number of fused-ring (bicyclic) bond motifs is 1. The van der Waals surface area contributed by atoms with Gasteiger partial charge in [-0.15, -0.1) is 11.8 Å². The quantitative estimate of drug-likeness (QED) is 0.0757.